The first-order valence-electron chi connectivity index (χ1n) is 8.55. The number of likely N-dealkylation sites (tertiary alicyclic amines) is 1. The van der Waals surface area contributed by atoms with Gasteiger partial charge in [-0.25, -0.2) is 0 Å². The van der Waals surface area contributed by atoms with Crippen LogP contribution in [0.25, 0.3) is 0 Å². The van der Waals surface area contributed by atoms with Crippen molar-refractivity contribution < 1.29 is 4.79 Å². The van der Waals surface area contributed by atoms with Crippen LogP contribution in [0.4, 0.5) is 0 Å². The first kappa shape index (κ1) is 21.3. The van der Waals surface area contributed by atoms with E-state index in [2.05, 4.69) is 23.8 Å². The fourth-order valence-corrected chi connectivity index (χ4v) is 4.29. The van der Waals surface area contributed by atoms with Gasteiger partial charge < -0.3 is 10.6 Å². The summed E-state index contributed by atoms with van der Waals surface area (Å²) < 4.78 is 1.93. The summed E-state index contributed by atoms with van der Waals surface area (Å²) in [5, 5.41) is 4.53. The average molecular weight is 377 g/mol. The lowest BCUT2D eigenvalue weighted by Crippen LogP contribution is -2.40. The largest absolute Gasteiger partial charge is 0.335 e. The summed E-state index contributed by atoms with van der Waals surface area (Å²) in [5.74, 6) is 0.446. The van der Waals surface area contributed by atoms with Crippen molar-refractivity contribution in [3.05, 3.63) is 17.0 Å². The van der Waals surface area contributed by atoms with Crippen molar-refractivity contribution in [2.75, 3.05) is 6.54 Å². The van der Waals surface area contributed by atoms with Crippen LogP contribution in [0.3, 0.4) is 0 Å². The van der Waals surface area contributed by atoms with Gasteiger partial charge in [-0.1, -0.05) is 6.42 Å². The molecule has 1 aliphatic heterocycles. The molecule has 1 saturated heterocycles. The summed E-state index contributed by atoms with van der Waals surface area (Å²) in [6, 6.07) is 0.407. The van der Waals surface area contributed by atoms with Gasteiger partial charge in [0.25, 0.3) is 0 Å². The Balaban J connectivity index is 0.00000144. The van der Waals surface area contributed by atoms with Crippen LogP contribution in [-0.4, -0.2) is 33.2 Å². The summed E-state index contributed by atoms with van der Waals surface area (Å²) >= 11 is 0. The van der Waals surface area contributed by atoms with Crippen molar-refractivity contribution in [1.82, 2.24) is 14.7 Å². The molecule has 2 heterocycles. The Morgan fingerprint density at radius 1 is 1.17 bits per heavy atom. The van der Waals surface area contributed by atoms with Crippen LogP contribution in [0.5, 0.6) is 0 Å². The average Bonchev–Trinajstić information content (AvgIpc) is 3.04. The quantitative estimate of drug-likeness (QED) is 0.862. The SMILES string of the molecule is Cc1nn(C)c(C)c1C1CCCN1C(=O)C1CCCC(N)C1.Cl.Cl. The van der Waals surface area contributed by atoms with Crippen molar-refractivity contribution in [3.8, 4) is 0 Å². The number of carbonyl (C=O) groups excluding carboxylic acids is 1. The smallest absolute Gasteiger partial charge is 0.226 e. The number of rotatable bonds is 2. The van der Waals surface area contributed by atoms with Gasteiger partial charge in [-0.15, -0.1) is 24.8 Å². The molecule has 0 spiro atoms. The number of aryl methyl sites for hydroxylation is 2. The van der Waals surface area contributed by atoms with Crippen molar-refractivity contribution in [3.63, 3.8) is 0 Å². The number of hydrogen-bond donors (Lipinski definition) is 1. The molecular weight excluding hydrogens is 347 g/mol. The third kappa shape index (κ3) is 3.89. The highest BCUT2D eigenvalue weighted by Crippen LogP contribution is 2.38. The van der Waals surface area contributed by atoms with Crippen LogP contribution in [0.1, 0.15) is 61.5 Å². The van der Waals surface area contributed by atoms with E-state index in [1.807, 2.05) is 11.7 Å². The Bertz CT molecular complexity index is 575. The highest BCUT2D eigenvalue weighted by Gasteiger charge is 2.37. The van der Waals surface area contributed by atoms with Gasteiger partial charge in [-0.2, -0.15) is 5.10 Å². The minimum absolute atomic E-state index is 0. The van der Waals surface area contributed by atoms with Crippen LogP contribution in [-0.2, 0) is 11.8 Å². The minimum Gasteiger partial charge on any atom is -0.335 e. The zero-order valence-electron chi connectivity index (χ0n) is 14.8. The standard InChI is InChI=1S/C17H28N4O.2ClH/c1-11-16(12(2)20(3)19-11)15-8-5-9-21(15)17(22)13-6-4-7-14(18)10-13;;/h13-15H,4-10,18H2,1-3H3;2*1H. The van der Waals surface area contributed by atoms with E-state index in [4.69, 9.17) is 5.73 Å². The fourth-order valence-electron chi connectivity index (χ4n) is 4.29. The van der Waals surface area contributed by atoms with E-state index in [1.54, 1.807) is 0 Å². The summed E-state index contributed by atoms with van der Waals surface area (Å²) in [7, 11) is 1.98. The first-order valence-corrected chi connectivity index (χ1v) is 8.55. The number of nitrogens with two attached hydrogens (primary N) is 1. The molecule has 1 aromatic heterocycles. The van der Waals surface area contributed by atoms with Crippen molar-refractivity contribution in [1.29, 1.82) is 0 Å². The second-order valence-electron chi connectivity index (χ2n) is 7.02. The molecule has 2 fully saturated rings. The lowest BCUT2D eigenvalue weighted by molar-refractivity contribution is -0.137. The second-order valence-corrected chi connectivity index (χ2v) is 7.02. The van der Waals surface area contributed by atoms with Crippen molar-refractivity contribution in [2.24, 2.45) is 18.7 Å². The van der Waals surface area contributed by atoms with Crippen LogP contribution in [0.2, 0.25) is 0 Å². The number of amides is 1. The maximum absolute atomic E-state index is 13.0. The second kappa shape index (κ2) is 8.54. The molecule has 0 aromatic carbocycles. The molecule has 1 saturated carbocycles. The van der Waals surface area contributed by atoms with Gasteiger partial charge in [0.05, 0.1) is 11.7 Å². The number of aromatic nitrogens is 2. The predicted molar refractivity (Wildman–Crippen MR) is 101 cm³/mol. The van der Waals surface area contributed by atoms with E-state index in [0.717, 1.165) is 50.8 Å². The Hall–Kier alpha value is -0.780. The summed E-state index contributed by atoms with van der Waals surface area (Å²) in [4.78, 5) is 15.1. The number of carbonyl (C=O) groups is 1. The summed E-state index contributed by atoms with van der Waals surface area (Å²) in [6.45, 7) is 5.04. The fraction of sp³-hybridized carbons (Fsp3) is 0.765. The van der Waals surface area contributed by atoms with E-state index < -0.39 is 0 Å². The monoisotopic (exact) mass is 376 g/mol. The van der Waals surface area contributed by atoms with Crippen molar-refractivity contribution in [2.45, 2.75) is 64.5 Å². The topological polar surface area (TPSA) is 64.2 Å². The molecule has 2 N–H and O–H groups in total. The minimum atomic E-state index is 0. The molecule has 2 aliphatic rings. The van der Waals surface area contributed by atoms with E-state index >= 15 is 0 Å². The molecular formula is C17H30Cl2N4O. The summed E-state index contributed by atoms with van der Waals surface area (Å²) in [5.41, 5.74) is 9.58. The number of halogens is 2. The Morgan fingerprint density at radius 3 is 2.46 bits per heavy atom. The van der Waals surface area contributed by atoms with Crippen LogP contribution in [0, 0.1) is 19.8 Å². The molecule has 3 atom stereocenters. The van der Waals surface area contributed by atoms with E-state index in [9.17, 15) is 4.79 Å². The Kier molecular flexibility index (Phi) is 7.57. The lowest BCUT2D eigenvalue weighted by atomic mass is 9.85. The third-order valence-corrected chi connectivity index (χ3v) is 5.50. The Morgan fingerprint density at radius 2 is 1.88 bits per heavy atom. The summed E-state index contributed by atoms with van der Waals surface area (Å²) in [6.07, 6.45) is 6.14. The third-order valence-electron chi connectivity index (χ3n) is 5.50. The molecule has 0 bridgehead atoms. The molecule has 1 amide bonds. The molecule has 5 nitrogen and oxygen atoms in total. The van der Waals surface area contributed by atoms with Crippen molar-refractivity contribution >= 4 is 30.7 Å². The Labute approximate surface area is 157 Å². The molecule has 7 heteroatoms. The van der Waals surface area contributed by atoms with Gasteiger partial charge >= 0.3 is 0 Å². The van der Waals surface area contributed by atoms with Crippen LogP contribution in [0.15, 0.2) is 0 Å². The lowest BCUT2D eigenvalue weighted by Gasteiger charge is -2.32. The van der Waals surface area contributed by atoms with Crippen LogP contribution < -0.4 is 5.73 Å². The van der Waals surface area contributed by atoms with Gasteiger partial charge in [0.1, 0.15) is 0 Å². The molecule has 3 rings (SSSR count). The van der Waals surface area contributed by atoms with Gasteiger partial charge in [-0.3, -0.25) is 9.48 Å². The van der Waals surface area contributed by atoms with Crippen LogP contribution >= 0.6 is 24.8 Å². The zero-order chi connectivity index (χ0) is 15.9. The van der Waals surface area contributed by atoms with E-state index in [1.165, 1.54) is 11.3 Å². The molecule has 3 unspecified atom stereocenters. The molecule has 1 aromatic rings. The van der Waals surface area contributed by atoms with Gasteiger partial charge in [-0.05, 0) is 46.0 Å². The molecule has 24 heavy (non-hydrogen) atoms. The zero-order valence-corrected chi connectivity index (χ0v) is 16.5. The highest BCUT2D eigenvalue weighted by atomic mass is 35.5. The highest BCUT2D eigenvalue weighted by molar-refractivity contribution is 5.85. The molecule has 1 aliphatic carbocycles. The number of nitrogens with zero attached hydrogens (tertiary/aromatic N) is 3. The molecule has 138 valence electrons. The molecule has 0 radical (unpaired) electrons. The predicted octanol–water partition coefficient (Wildman–Crippen LogP) is 3.06. The van der Waals surface area contributed by atoms with E-state index in [0.29, 0.717) is 5.91 Å². The van der Waals surface area contributed by atoms with Gasteiger partial charge in [0, 0.05) is 36.8 Å². The maximum atomic E-state index is 13.0. The normalized spacial score (nSPS) is 26.7. The van der Waals surface area contributed by atoms with E-state index in [-0.39, 0.29) is 42.8 Å². The maximum Gasteiger partial charge on any atom is 0.226 e. The first-order chi connectivity index (χ1) is 10.5. The number of hydrogen-bond acceptors (Lipinski definition) is 3. The van der Waals surface area contributed by atoms with Gasteiger partial charge in [0.2, 0.25) is 5.91 Å². The van der Waals surface area contributed by atoms with Gasteiger partial charge in [0.15, 0.2) is 0 Å².